The maximum absolute atomic E-state index is 9.13. The second-order valence-corrected chi connectivity index (χ2v) is 5.25. The summed E-state index contributed by atoms with van der Waals surface area (Å²) < 4.78 is 0. The summed E-state index contributed by atoms with van der Waals surface area (Å²) in [6.45, 7) is 4.14. The Morgan fingerprint density at radius 2 is 2.40 bits per heavy atom. The fourth-order valence-corrected chi connectivity index (χ4v) is 2.72. The quantitative estimate of drug-likeness (QED) is 0.745. The Kier molecular flexibility index (Phi) is 3.72. The molecule has 0 unspecified atom stereocenters. The molecule has 1 aromatic heterocycles. The first-order chi connectivity index (χ1) is 7.25. The van der Waals surface area contributed by atoms with Crippen molar-refractivity contribution in [1.29, 1.82) is 0 Å². The van der Waals surface area contributed by atoms with Gasteiger partial charge in [0.05, 0.1) is 17.3 Å². The van der Waals surface area contributed by atoms with Crippen LogP contribution in [0, 0.1) is 12.8 Å². The van der Waals surface area contributed by atoms with Gasteiger partial charge in [0, 0.05) is 11.4 Å². The van der Waals surface area contributed by atoms with Gasteiger partial charge < -0.3 is 10.4 Å². The second kappa shape index (κ2) is 5.05. The topological polar surface area (TPSA) is 45.2 Å². The molecule has 1 aromatic rings. The number of aromatic nitrogens is 1. The Bertz CT molecular complexity index is 307. The van der Waals surface area contributed by atoms with E-state index in [9.17, 15) is 0 Å². The molecule has 1 aliphatic rings. The average Bonchev–Trinajstić information content (AvgIpc) is 2.55. The highest BCUT2D eigenvalue weighted by Gasteiger charge is 2.26. The van der Waals surface area contributed by atoms with Crippen molar-refractivity contribution >= 4 is 11.3 Å². The molecule has 15 heavy (non-hydrogen) atoms. The van der Waals surface area contributed by atoms with Gasteiger partial charge in [-0.15, -0.1) is 11.3 Å². The van der Waals surface area contributed by atoms with Crippen molar-refractivity contribution in [2.45, 2.75) is 32.3 Å². The maximum Gasteiger partial charge on any atom is 0.0797 e. The van der Waals surface area contributed by atoms with E-state index >= 15 is 0 Å². The molecule has 2 N–H and O–H groups in total. The molecule has 0 radical (unpaired) electrons. The number of aliphatic hydroxyl groups excluding tert-OH is 1. The first kappa shape index (κ1) is 11.0. The highest BCUT2D eigenvalue weighted by Crippen LogP contribution is 2.26. The molecule has 1 saturated carbocycles. The first-order valence-corrected chi connectivity index (χ1v) is 6.41. The van der Waals surface area contributed by atoms with Gasteiger partial charge in [0.25, 0.3) is 0 Å². The predicted molar refractivity (Wildman–Crippen MR) is 62.2 cm³/mol. The van der Waals surface area contributed by atoms with E-state index in [0.29, 0.717) is 5.92 Å². The number of hydrogen-bond acceptors (Lipinski definition) is 4. The highest BCUT2D eigenvalue weighted by molar-refractivity contribution is 7.09. The molecule has 0 saturated heterocycles. The van der Waals surface area contributed by atoms with E-state index in [1.807, 2.05) is 5.51 Å². The molecule has 0 aromatic carbocycles. The fraction of sp³-hybridized carbons (Fsp3) is 0.727. The smallest absolute Gasteiger partial charge is 0.0797 e. The number of aliphatic hydroxyl groups is 1. The Balaban J connectivity index is 1.58. The van der Waals surface area contributed by atoms with Gasteiger partial charge in [-0.2, -0.15) is 0 Å². The molecule has 3 nitrogen and oxygen atoms in total. The monoisotopic (exact) mass is 226 g/mol. The minimum atomic E-state index is -0.0273. The van der Waals surface area contributed by atoms with Gasteiger partial charge in [-0.05, 0) is 38.6 Å². The number of rotatable bonds is 5. The van der Waals surface area contributed by atoms with Crippen LogP contribution in [0.5, 0.6) is 0 Å². The summed E-state index contributed by atoms with van der Waals surface area (Å²) in [6.07, 6.45) is 3.01. The summed E-state index contributed by atoms with van der Waals surface area (Å²) in [5.41, 5.74) is 3.08. The van der Waals surface area contributed by atoms with Crippen molar-refractivity contribution in [2.75, 3.05) is 13.1 Å². The van der Waals surface area contributed by atoms with E-state index in [2.05, 4.69) is 17.2 Å². The van der Waals surface area contributed by atoms with Crippen LogP contribution in [-0.4, -0.2) is 29.3 Å². The lowest BCUT2D eigenvalue weighted by atomic mass is 9.82. The van der Waals surface area contributed by atoms with Gasteiger partial charge in [0.2, 0.25) is 0 Å². The highest BCUT2D eigenvalue weighted by atomic mass is 32.1. The summed E-state index contributed by atoms with van der Waals surface area (Å²) >= 11 is 1.74. The lowest BCUT2D eigenvalue weighted by Crippen LogP contribution is -2.36. The van der Waals surface area contributed by atoms with Crippen LogP contribution in [0.1, 0.15) is 23.4 Å². The molecule has 4 heteroatoms. The van der Waals surface area contributed by atoms with E-state index in [4.69, 9.17) is 5.11 Å². The first-order valence-electron chi connectivity index (χ1n) is 5.53. The lowest BCUT2D eigenvalue weighted by Gasteiger charge is -2.31. The van der Waals surface area contributed by atoms with Crippen LogP contribution in [0.15, 0.2) is 5.51 Å². The summed E-state index contributed by atoms with van der Waals surface area (Å²) in [5.74, 6) is 0.697. The summed E-state index contributed by atoms with van der Waals surface area (Å²) in [5, 5.41) is 12.6. The third-order valence-electron chi connectivity index (χ3n) is 3.02. The number of nitrogens with zero attached hydrogens (tertiary/aromatic N) is 1. The van der Waals surface area contributed by atoms with E-state index in [1.54, 1.807) is 11.3 Å². The van der Waals surface area contributed by atoms with Crippen molar-refractivity contribution in [3.8, 4) is 0 Å². The van der Waals surface area contributed by atoms with Gasteiger partial charge in [-0.3, -0.25) is 0 Å². The van der Waals surface area contributed by atoms with Gasteiger partial charge in [0.15, 0.2) is 0 Å². The molecule has 0 atom stereocenters. The van der Waals surface area contributed by atoms with Crippen LogP contribution in [0.4, 0.5) is 0 Å². The number of aryl methyl sites for hydroxylation is 1. The zero-order valence-electron chi connectivity index (χ0n) is 9.07. The minimum absolute atomic E-state index is 0.0273. The van der Waals surface area contributed by atoms with Crippen LogP contribution in [0.2, 0.25) is 0 Å². The van der Waals surface area contributed by atoms with Gasteiger partial charge >= 0.3 is 0 Å². The Labute approximate surface area is 94.5 Å². The molecule has 84 valence electrons. The second-order valence-electron chi connectivity index (χ2n) is 4.31. The van der Waals surface area contributed by atoms with Crippen molar-refractivity contribution in [3.63, 3.8) is 0 Å². The van der Waals surface area contributed by atoms with Crippen LogP contribution >= 0.6 is 11.3 Å². The molecule has 1 fully saturated rings. The molecule has 0 amide bonds. The molecule has 0 spiro atoms. The van der Waals surface area contributed by atoms with Gasteiger partial charge in [-0.1, -0.05) is 0 Å². The van der Waals surface area contributed by atoms with Crippen molar-refractivity contribution < 1.29 is 5.11 Å². The van der Waals surface area contributed by atoms with Crippen molar-refractivity contribution in [3.05, 3.63) is 16.1 Å². The Morgan fingerprint density at radius 3 is 3.00 bits per heavy atom. The third kappa shape index (κ3) is 3.00. The number of thiazole rings is 1. The van der Waals surface area contributed by atoms with Crippen molar-refractivity contribution in [2.24, 2.45) is 5.92 Å². The van der Waals surface area contributed by atoms with Crippen LogP contribution in [0.25, 0.3) is 0 Å². The third-order valence-corrected chi connectivity index (χ3v) is 4.01. The molecule has 0 aliphatic heterocycles. The molecule has 1 aliphatic carbocycles. The van der Waals surface area contributed by atoms with Gasteiger partial charge in [-0.25, -0.2) is 4.98 Å². The largest absolute Gasteiger partial charge is 0.393 e. The molecular formula is C11H18N2OS. The molecule has 0 bridgehead atoms. The molecule has 1 heterocycles. The molecular weight excluding hydrogens is 208 g/mol. The maximum atomic E-state index is 9.13. The van der Waals surface area contributed by atoms with Crippen LogP contribution < -0.4 is 5.32 Å². The Hall–Kier alpha value is -0.450. The van der Waals surface area contributed by atoms with Gasteiger partial charge in [0.1, 0.15) is 0 Å². The number of hydrogen-bond donors (Lipinski definition) is 2. The summed E-state index contributed by atoms with van der Waals surface area (Å²) in [6, 6.07) is 0. The van der Waals surface area contributed by atoms with E-state index < -0.39 is 0 Å². The van der Waals surface area contributed by atoms with E-state index in [0.717, 1.165) is 32.4 Å². The van der Waals surface area contributed by atoms with Crippen molar-refractivity contribution in [1.82, 2.24) is 10.3 Å². The van der Waals surface area contributed by atoms with E-state index in [1.165, 1.54) is 10.6 Å². The molecule has 2 rings (SSSR count). The normalized spacial score (nSPS) is 25.2. The zero-order valence-corrected chi connectivity index (χ0v) is 9.89. The Morgan fingerprint density at radius 1 is 1.60 bits per heavy atom. The lowest BCUT2D eigenvalue weighted by molar-refractivity contribution is 0.0432. The number of nitrogens with one attached hydrogen (secondary N) is 1. The van der Waals surface area contributed by atoms with Crippen LogP contribution in [0.3, 0.4) is 0 Å². The zero-order chi connectivity index (χ0) is 10.7. The predicted octanol–water partition coefficient (Wildman–Crippen LogP) is 1.35. The van der Waals surface area contributed by atoms with E-state index in [-0.39, 0.29) is 6.10 Å². The fourth-order valence-electron chi connectivity index (χ4n) is 1.94. The standard InChI is InChI=1S/C11H18N2OS/c1-8-11(15-7-13-8)2-3-12-6-9-4-10(14)5-9/h7,9-10,12,14H,2-6H2,1H3. The SMILES string of the molecule is Cc1ncsc1CCNCC1CC(O)C1. The summed E-state index contributed by atoms with van der Waals surface area (Å²) in [4.78, 5) is 5.61. The summed E-state index contributed by atoms with van der Waals surface area (Å²) in [7, 11) is 0. The average molecular weight is 226 g/mol. The van der Waals surface area contributed by atoms with Crippen LogP contribution in [-0.2, 0) is 6.42 Å². The minimum Gasteiger partial charge on any atom is -0.393 e.